The van der Waals surface area contributed by atoms with Gasteiger partial charge in [0.05, 0.1) is 4.92 Å². The molecular weight excluding hydrogens is 481 g/mol. The molecule has 0 bridgehead atoms. The van der Waals surface area contributed by atoms with Crippen molar-refractivity contribution in [3.05, 3.63) is 148 Å². The summed E-state index contributed by atoms with van der Waals surface area (Å²) in [6.07, 6.45) is 2.13. The quantitative estimate of drug-likeness (QED) is 0.181. The number of benzene rings is 4. The van der Waals surface area contributed by atoms with Crippen LogP contribution in [0.15, 0.2) is 109 Å². The number of carbonyl (C=O) groups excluding carboxylic acids is 1. The van der Waals surface area contributed by atoms with Gasteiger partial charge in [-0.3, -0.25) is 14.9 Å². The Bertz CT molecular complexity index is 1580. The second-order valence-electron chi connectivity index (χ2n) is 9.23. The first-order chi connectivity index (χ1) is 18.5. The van der Waals surface area contributed by atoms with Crippen LogP contribution in [0.25, 0.3) is 10.9 Å². The van der Waals surface area contributed by atoms with E-state index in [-0.39, 0.29) is 23.8 Å². The number of para-hydroxylation sites is 1. The van der Waals surface area contributed by atoms with Crippen molar-refractivity contribution in [3.8, 4) is 0 Å². The molecule has 0 saturated heterocycles. The fourth-order valence-electron chi connectivity index (χ4n) is 4.79. The van der Waals surface area contributed by atoms with E-state index in [2.05, 4.69) is 9.88 Å². The molecule has 0 aliphatic heterocycles. The summed E-state index contributed by atoms with van der Waals surface area (Å²) in [6.45, 7) is 0.913. The molecule has 6 nitrogen and oxygen atoms in total. The van der Waals surface area contributed by atoms with Crippen molar-refractivity contribution in [2.45, 2.75) is 25.4 Å². The summed E-state index contributed by atoms with van der Waals surface area (Å²) >= 11 is 0. The zero-order valence-corrected chi connectivity index (χ0v) is 20.6. The predicted octanol–water partition coefficient (Wildman–Crippen LogP) is 6.58. The summed E-state index contributed by atoms with van der Waals surface area (Å²) in [6, 6.07) is 30.4. The summed E-state index contributed by atoms with van der Waals surface area (Å²) in [4.78, 5) is 24.3. The number of carbonyl (C=O) groups is 1. The topological polar surface area (TPSA) is 77.2 Å². The molecule has 0 fully saturated rings. The minimum Gasteiger partial charge on any atom is -0.352 e. The number of nitrogens with zero attached hydrogens (tertiary/aromatic N) is 2. The van der Waals surface area contributed by atoms with Gasteiger partial charge < -0.3 is 9.88 Å². The number of nitro groups is 1. The number of nitrogens with one attached hydrogen (secondary N) is 1. The SMILES string of the molecule is O=C(C[C@@H](c1cccc([N+](=O)[O-])c1)c1cn(Cc2ccc(F)cc2)c2ccccc12)NCc1ccccc1. The van der Waals surface area contributed by atoms with Crippen LogP contribution in [0.3, 0.4) is 0 Å². The Morgan fingerprint density at radius 3 is 2.39 bits per heavy atom. The van der Waals surface area contributed by atoms with E-state index in [1.54, 1.807) is 24.3 Å². The molecule has 190 valence electrons. The Morgan fingerprint density at radius 1 is 0.895 bits per heavy atom. The largest absolute Gasteiger partial charge is 0.352 e. The number of aromatic nitrogens is 1. The molecule has 5 aromatic rings. The van der Waals surface area contributed by atoms with Gasteiger partial charge in [-0.05, 0) is 40.5 Å². The molecule has 1 aromatic heterocycles. The normalized spacial score (nSPS) is 11.8. The van der Waals surface area contributed by atoms with Gasteiger partial charge in [0.25, 0.3) is 5.69 Å². The molecule has 7 heteroatoms. The Labute approximate surface area is 219 Å². The van der Waals surface area contributed by atoms with Crippen LogP contribution in [0.2, 0.25) is 0 Å². The molecule has 4 aromatic carbocycles. The van der Waals surface area contributed by atoms with Crippen molar-refractivity contribution < 1.29 is 14.1 Å². The van der Waals surface area contributed by atoms with Gasteiger partial charge in [0.1, 0.15) is 5.82 Å². The smallest absolute Gasteiger partial charge is 0.269 e. The van der Waals surface area contributed by atoms with Gasteiger partial charge in [-0.1, -0.05) is 72.8 Å². The van der Waals surface area contributed by atoms with Crippen LogP contribution in [0.5, 0.6) is 0 Å². The standard InChI is InChI=1S/C31H26FN3O3/c32-25-15-13-23(14-16-25)20-34-21-29(27-11-4-5-12-30(27)34)28(24-9-6-10-26(17-24)35(37)38)18-31(36)33-19-22-7-2-1-3-8-22/h1-17,21,28H,18-20H2,(H,33,36)/t28-/m0/s1. The van der Waals surface area contributed by atoms with Gasteiger partial charge in [-0.25, -0.2) is 4.39 Å². The Morgan fingerprint density at radius 2 is 1.63 bits per heavy atom. The lowest BCUT2D eigenvalue weighted by Gasteiger charge is -2.17. The third kappa shape index (κ3) is 5.62. The van der Waals surface area contributed by atoms with Crippen LogP contribution in [-0.4, -0.2) is 15.4 Å². The van der Waals surface area contributed by atoms with Gasteiger partial charge >= 0.3 is 0 Å². The minimum atomic E-state index is -0.423. The molecule has 0 aliphatic rings. The molecule has 0 aliphatic carbocycles. The number of halogens is 1. The zero-order chi connectivity index (χ0) is 26.5. The van der Waals surface area contributed by atoms with Crippen LogP contribution < -0.4 is 5.32 Å². The van der Waals surface area contributed by atoms with E-state index in [1.165, 1.54) is 18.2 Å². The van der Waals surface area contributed by atoms with Crippen molar-refractivity contribution in [1.82, 2.24) is 9.88 Å². The van der Waals surface area contributed by atoms with E-state index in [9.17, 15) is 19.3 Å². The average Bonchev–Trinajstić information content (AvgIpc) is 3.30. The number of hydrogen-bond donors (Lipinski definition) is 1. The Hall–Kier alpha value is -4.78. The number of hydrogen-bond acceptors (Lipinski definition) is 3. The Balaban J connectivity index is 1.52. The second kappa shape index (κ2) is 11.1. The number of amides is 1. The molecule has 1 atom stereocenters. The summed E-state index contributed by atoms with van der Waals surface area (Å²) in [5.74, 6) is -0.857. The van der Waals surface area contributed by atoms with E-state index in [4.69, 9.17) is 0 Å². The van der Waals surface area contributed by atoms with Crippen molar-refractivity contribution >= 4 is 22.5 Å². The summed E-state index contributed by atoms with van der Waals surface area (Å²) in [5.41, 5.74) is 4.46. The fraction of sp³-hybridized carbons (Fsp3) is 0.129. The first-order valence-corrected chi connectivity index (χ1v) is 12.3. The van der Waals surface area contributed by atoms with Crippen molar-refractivity contribution in [3.63, 3.8) is 0 Å². The second-order valence-corrected chi connectivity index (χ2v) is 9.23. The molecule has 1 N–H and O–H groups in total. The van der Waals surface area contributed by atoms with Gasteiger partial charge in [-0.2, -0.15) is 0 Å². The molecule has 5 rings (SSSR count). The molecule has 1 heterocycles. The lowest BCUT2D eigenvalue weighted by Crippen LogP contribution is -2.25. The third-order valence-corrected chi connectivity index (χ3v) is 6.67. The highest BCUT2D eigenvalue weighted by Crippen LogP contribution is 2.36. The fourth-order valence-corrected chi connectivity index (χ4v) is 4.79. The first kappa shape index (κ1) is 24.9. The van der Waals surface area contributed by atoms with Crippen molar-refractivity contribution in [2.24, 2.45) is 0 Å². The van der Waals surface area contributed by atoms with E-state index >= 15 is 0 Å². The van der Waals surface area contributed by atoms with Gasteiger partial charge in [0.15, 0.2) is 0 Å². The lowest BCUT2D eigenvalue weighted by molar-refractivity contribution is -0.384. The van der Waals surface area contributed by atoms with Crippen LogP contribution in [0.1, 0.15) is 34.6 Å². The highest BCUT2D eigenvalue weighted by molar-refractivity contribution is 5.87. The van der Waals surface area contributed by atoms with Gasteiger partial charge in [0, 0.05) is 54.7 Å². The molecular formula is C31H26FN3O3. The highest BCUT2D eigenvalue weighted by Gasteiger charge is 2.24. The van der Waals surface area contributed by atoms with E-state index in [1.807, 2.05) is 66.9 Å². The zero-order valence-electron chi connectivity index (χ0n) is 20.6. The van der Waals surface area contributed by atoms with Crippen molar-refractivity contribution in [2.75, 3.05) is 0 Å². The van der Waals surface area contributed by atoms with Crippen LogP contribution in [-0.2, 0) is 17.9 Å². The lowest BCUT2D eigenvalue weighted by atomic mass is 9.87. The number of non-ortho nitro benzene ring substituents is 1. The first-order valence-electron chi connectivity index (χ1n) is 12.3. The maximum Gasteiger partial charge on any atom is 0.269 e. The number of rotatable bonds is 9. The Kier molecular flexibility index (Phi) is 7.26. The average molecular weight is 508 g/mol. The minimum absolute atomic E-state index is 0.0211. The maximum absolute atomic E-state index is 13.5. The summed E-state index contributed by atoms with van der Waals surface area (Å²) < 4.78 is 15.5. The van der Waals surface area contributed by atoms with E-state index in [0.717, 1.165) is 27.6 Å². The van der Waals surface area contributed by atoms with Gasteiger partial charge in [0.2, 0.25) is 5.91 Å². The van der Waals surface area contributed by atoms with Crippen LogP contribution in [0, 0.1) is 15.9 Å². The van der Waals surface area contributed by atoms with E-state index in [0.29, 0.717) is 18.7 Å². The van der Waals surface area contributed by atoms with Crippen LogP contribution in [0.4, 0.5) is 10.1 Å². The number of fused-ring (bicyclic) bond motifs is 1. The maximum atomic E-state index is 13.5. The van der Waals surface area contributed by atoms with Crippen LogP contribution >= 0.6 is 0 Å². The molecule has 1 amide bonds. The summed E-state index contributed by atoms with van der Waals surface area (Å²) in [7, 11) is 0. The number of nitro benzene ring substituents is 1. The third-order valence-electron chi connectivity index (χ3n) is 6.67. The molecule has 0 radical (unpaired) electrons. The molecule has 0 spiro atoms. The predicted molar refractivity (Wildman–Crippen MR) is 145 cm³/mol. The monoisotopic (exact) mass is 507 g/mol. The molecule has 0 unspecified atom stereocenters. The summed E-state index contributed by atoms with van der Waals surface area (Å²) in [5, 5.41) is 15.5. The van der Waals surface area contributed by atoms with Crippen molar-refractivity contribution in [1.29, 1.82) is 0 Å². The van der Waals surface area contributed by atoms with E-state index < -0.39 is 10.8 Å². The molecule has 38 heavy (non-hydrogen) atoms. The molecule has 0 saturated carbocycles. The highest BCUT2D eigenvalue weighted by atomic mass is 19.1. The van der Waals surface area contributed by atoms with Gasteiger partial charge in [-0.15, -0.1) is 0 Å².